The molecule has 2 nitrogen and oxygen atoms in total. The lowest BCUT2D eigenvalue weighted by Crippen LogP contribution is -2.18. The van der Waals surface area contributed by atoms with Crippen LogP contribution in [0.25, 0.3) is 10.4 Å². The second-order valence-corrected chi connectivity index (χ2v) is 7.47. The Morgan fingerprint density at radius 3 is 2.67 bits per heavy atom. The van der Waals surface area contributed by atoms with Gasteiger partial charge in [-0.2, -0.15) is 0 Å². The Morgan fingerprint density at radius 2 is 1.93 bits per heavy atom. The molecule has 0 saturated carbocycles. The van der Waals surface area contributed by atoms with Crippen LogP contribution in [0.4, 0.5) is 0 Å². The van der Waals surface area contributed by atoms with Crippen molar-refractivity contribution in [2.75, 3.05) is 0 Å². The third kappa shape index (κ3) is 3.28. The zero-order valence-electron chi connectivity index (χ0n) is 14.6. The number of hydrogen-bond donors (Lipinski definition) is 0. The Balaban J connectivity index is 1.67. The molecule has 3 heteroatoms. The topological polar surface area (TPSA) is 29.4 Å². The first-order chi connectivity index (χ1) is 13.2. The molecule has 1 atom stereocenters. The van der Waals surface area contributed by atoms with Crippen molar-refractivity contribution < 1.29 is 4.79 Å². The lowest BCUT2D eigenvalue weighted by atomic mass is 9.87. The van der Waals surface area contributed by atoms with E-state index in [-0.39, 0.29) is 5.78 Å². The molecule has 1 unspecified atom stereocenters. The van der Waals surface area contributed by atoms with Crippen LogP contribution in [0.3, 0.4) is 0 Å². The Bertz CT molecular complexity index is 1070. The largest absolute Gasteiger partial charge is 0.288 e. The van der Waals surface area contributed by atoms with Gasteiger partial charge < -0.3 is 0 Å². The summed E-state index contributed by atoms with van der Waals surface area (Å²) in [7, 11) is 0. The van der Waals surface area contributed by atoms with Crippen molar-refractivity contribution in [3.05, 3.63) is 94.9 Å². The molecule has 1 aliphatic heterocycles. The summed E-state index contributed by atoms with van der Waals surface area (Å²) in [6, 6.07) is 21.5. The number of allylic oxidation sites excluding steroid dienone is 1. The van der Waals surface area contributed by atoms with E-state index in [0.29, 0.717) is 12.0 Å². The number of hydrogen-bond acceptors (Lipinski definition) is 3. The summed E-state index contributed by atoms with van der Waals surface area (Å²) in [5, 5.41) is 0. The van der Waals surface area contributed by atoms with E-state index >= 15 is 0 Å². The number of terminal acetylenes is 1. The van der Waals surface area contributed by atoms with Crippen LogP contribution < -0.4 is 0 Å². The van der Waals surface area contributed by atoms with Crippen molar-refractivity contribution in [1.82, 2.24) is 0 Å². The van der Waals surface area contributed by atoms with E-state index < -0.39 is 5.54 Å². The van der Waals surface area contributed by atoms with Crippen molar-refractivity contribution in [3.8, 4) is 22.8 Å². The van der Waals surface area contributed by atoms with Gasteiger partial charge in [0, 0.05) is 23.1 Å². The van der Waals surface area contributed by atoms with Crippen LogP contribution in [0.2, 0.25) is 0 Å². The van der Waals surface area contributed by atoms with E-state index in [4.69, 9.17) is 6.42 Å². The molecule has 2 aromatic carbocycles. The van der Waals surface area contributed by atoms with Gasteiger partial charge in [-0.3, -0.25) is 9.79 Å². The van der Waals surface area contributed by atoms with Gasteiger partial charge in [0.1, 0.15) is 5.54 Å². The number of nitrogens with zero attached hydrogens (tertiary/aromatic N) is 1. The van der Waals surface area contributed by atoms with E-state index in [1.165, 1.54) is 11.3 Å². The molecule has 2 heterocycles. The quantitative estimate of drug-likeness (QED) is 0.432. The normalized spacial score (nSPS) is 17.7. The minimum Gasteiger partial charge on any atom is -0.288 e. The molecule has 1 aliphatic rings. The molecule has 0 bridgehead atoms. The summed E-state index contributed by atoms with van der Waals surface area (Å²) in [5.41, 5.74) is 2.35. The highest BCUT2D eigenvalue weighted by atomic mass is 32.1. The summed E-state index contributed by atoms with van der Waals surface area (Å²) < 4.78 is 0. The number of carbonyl (C=O) groups excluding carboxylic acids is 1. The molecule has 1 aromatic heterocycles. The van der Waals surface area contributed by atoms with Gasteiger partial charge in [-0.1, -0.05) is 54.6 Å². The number of benzene rings is 2. The first kappa shape index (κ1) is 17.2. The van der Waals surface area contributed by atoms with Crippen LogP contribution in [-0.2, 0) is 5.54 Å². The molecule has 0 fully saturated rings. The average molecular weight is 367 g/mol. The molecular formula is C24H17NOS. The van der Waals surface area contributed by atoms with E-state index in [0.717, 1.165) is 20.9 Å². The Kier molecular flexibility index (Phi) is 4.58. The predicted octanol–water partition coefficient (Wildman–Crippen LogP) is 5.51. The van der Waals surface area contributed by atoms with Gasteiger partial charge in [0.2, 0.25) is 5.78 Å². The maximum absolute atomic E-state index is 12.7. The number of rotatable bonds is 5. The first-order valence-electron chi connectivity index (χ1n) is 8.69. The monoisotopic (exact) mass is 367 g/mol. The highest BCUT2D eigenvalue weighted by Gasteiger charge is 2.29. The molecule has 0 amide bonds. The number of ketones is 1. The number of thiophene rings is 1. The molecule has 4 rings (SSSR count). The molecule has 0 aliphatic carbocycles. The predicted molar refractivity (Wildman–Crippen MR) is 112 cm³/mol. The van der Waals surface area contributed by atoms with Gasteiger partial charge in [-0.25, -0.2) is 0 Å². The third-order valence-electron chi connectivity index (χ3n) is 4.65. The van der Waals surface area contributed by atoms with Crippen LogP contribution >= 0.6 is 11.3 Å². The van der Waals surface area contributed by atoms with Gasteiger partial charge in [0.05, 0.1) is 4.88 Å². The van der Waals surface area contributed by atoms with Gasteiger partial charge >= 0.3 is 0 Å². The molecule has 0 N–H and O–H groups in total. The SMILES string of the molecule is C#CCC1(c2cccc(-c3ccc(C(=O)c4ccccc4)s3)c2)C=CC=N1. The fourth-order valence-electron chi connectivity index (χ4n) is 3.24. The van der Waals surface area contributed by atoms with Crippen molar-refractivity contribution in [1.29, 1.82) is 0 Å². The van der Waals surface area contributed by atoms with Crippen LogP contribution in [0.5, 0.6) is 0 Å². The second kappa shape index (κ2) is 7.19. The zero-order valence-corrected chi connectivity index (χ0v) is 15.4. The molecule has 0 saturated heterocycles. The van der Waals surface area contributed by atoms with Gasteiger partial charge in [0.25, 0.3) is 0 Å². The molecule has 3 aromatic rings. The minimum atomic E-state index is -0.481. The van der Waals surface area contributed by atoms with Crippen LogP contribution in [-0.4, -0.2) is 12.0 Å². The summed E-state index contributed by atoms with van der Waals surface area (Å²) in [4.78, 5) is 19.1. The van der Waals surface area contributed by atoms with Crippen LogP contribution in [0, 0.1) is 12.3 Å². The summed E-state index contributed by atoms with van der Waals surface area (Å²) in [6.45, 7) is 0. The van der Waals surface area contributed by atoms with Gasteiger partial charge in [0.15, 0.2) is 0 Å². The van der Waals surface area contributed by atoms with Crippen molar-refractivity contribution in [3.63, 3.8) is 0 Å². The summed E-state index contributed by atoms with van der Waals surface area (Å²) in [6.07, 6.45) is 11.9. The fourth-order valence-corrected chi connectivity index (χ4v) is 4.21. The lowest BCUT2D eigenvalue weighted by Gasteiger charge is -2.23. The number of carbonyl (C=O) groups is 1. The molecule has 0 radical (unpaired) electrons. The van der Waals surface area contributed by atoms with E-state index in [2.05, 4.69) is 29.1 Å². The lowest BCUT2D eigenvalue weighted by molar-refractivity contribution is 0.104. The standard InChI is InChI=1S/C24H17NOS/c1-2-14-24(15-7-16-25-24)20-11-6-10-19(17-20)21-12-13-22(27-21)23(26)18-8-4-3-5-9-18/h1,3-13,15-17H,14H2. The van der Waals surface area contributed by atoms with Gasteiger partial charge in [-0.05, 0) is 35.4 Å². The molecule has 130 valence electrons. The van der Waals surface area contributed by atoms with Crippen LogP contribution in [0.15, 0.2) is 83.9 Å². The Labute approximate surface area is 162 Å². The smallest absolute Gasteiger partial charge is 0.202 e. The third-order valence-corrected chi connectivity index (χ3v) is 5.78. The summed E-state index contributed by atoms with van der Waals surface area (Å²) >= 11 is 1.51. The van der Waals surface area contributed by atoms with Crippen molar-refractivity contribution in [2.24, 2.45) is 4.99 Å². The highest BCUT2D eigenvalue weighted by molar-refractivity contribution is 7.17. The van der Waals surface area contributed by atoms with E-state index in [9.17, 15) is 4.79 Å². The van der Waals surface area contributed by atoms with Crippen LogP contribution in [0.1, 0.15) is 27.2 Å². The molecule has 0 spiro atoms. The fraction of sp³-hybridized carbons (Fsp3) is 0.0833. The highest BCUT2D eigenvalue weighted by Crippen LogP contribution is 2.37. The zero-order chi connectivity index (χ0) is 18.7. The minimum absolute atomic E-state index is 0.0510. The van der Waals surface area contributed by atoms with E-state index in [1.807, 2.05) is 60.7 Å². The Morgan fingerprint density at radius 1 is 1.07 bits per heavy atom. The van der Waals surface area contributed by atoms with Crippen molar-refractivity contribution in [2.45, 2.75) is 12.0 Å². The number of aliphatic imine (C=N–C) groups is 1. The molecule has 27 heavy (non-hydrogen) atoms. The second-order valence-electron chi connectivity index (χ2n) is 6.38. The summed E-state index contributed by atoms with van der Waals surface area (Å²) in [5.74, 6) is 2.79. The van der Waals surface area contributed by atoms with E-state index in [1.54, 1.807) is 6.21 Å². The first-order valence-corrected chi connectivity index (χ1v) is 9.50. The maximum Gasteiger partial charge on any atom is 0.202 e. The molecular weight excluding hydrogens is 350 g/mol. The van der Waals surface area contributed by atoms with Crippen molar-refractivity contribution >= 4 is 23.3 Å². The van der Waals surface area contributed by atoms with Gasteiger partial charge in [-0.15, -0.1) is 23.7 Å². The average Bonchev–Trinajstić information content (AvgIpc) is 3.39. The Hall–Kier alpha value is -3.22. The maximum atomic E-state index is 12.7.